The summed E-state index contributed by atoms with van der Waals surface area (Å²) in [5, 5.41) is 8.14. The summed E-state index contributed by atoms with van der Waals surface area (Å²) >= 11 is 1.48. The number of aryl methyl sites for hydroxylation is 2. The summed E-state index contributed by atoms with van der Waals surface area (Å²) in [4.78, 5) is 26.5. The first-order chi connectivity index (χ1) is 14.9. The average molecular weight is 440 g/mol. The highest BCUT2D eigenvalue weighted by atomic mass is 32.2. The fraction of sp³-hybridized carbons (Fsp3) is 0.455. The molecule has 0 saturated carbocycles. The summed E-state index contributed by atoms with van der Waals surface area (Å²) in [6.45, 7) is 9.22. The van der Waals surface area contributed by atoms with E-state index in [0.717, 1.165) is 55.4 Å². The van der Waals surface area contributed by atoms with Gasteiger partial charge in [-0.25, -0.2) is 9.50 Å². The molecule has 1 amide bonds. The van der Waals surface area contributed by atoms with Crippen LogP contribution in [0.3, 0.4) is 0 Å². The van der Waals surface area contributed by atoms with Crippen molar-refractivity contribution in [2.75, 3.05) is 44.8 Å². The van der Waals surface area contributed by atoms with E-state index in [2.05, 4.69) is 49.4 Å². The number of nitrogens with zero attached hydrogens (tertiary/aromatic N) is 6. The second kappa shape index (κ2) is 9.33. The maximum Gasteiger partial charge on any atom is 0.253 e. The van der Waals surface area contributed by atoms with Crippen LogP contribution in [0.4, 0.5) is 5.69 Å². The molecule has 0 atom stereocenters. The molecule has 9 heteroatoms. The molecule has 0 spiro atoms. The smallest absolute Gasteiger partial charge is 0.253 e. The minimum Gasteiger partial charge on any atom is -0.326 e. The van der Waals surface area contributed by atoms with E-state index in [4.69, 9.17) is 0 Å². The monoisotopic (exact) mass is 439 g/mol. The lowest BCUT2D eigenvalue weighted by molar-refractivity contribution is -0.115. The fourth-order valence-electron chi connectivity index (χ4n) is 3.86. The van der Waals surface area contributed by atoms with Crippen molar-refractivity contribution < 1.29 is 4.79 Å². The zero-order valence-corrected chi connectivity index (χ0v) is 19.4. The van der Waals surface area contributed by atoms with E-state index in [-0.39, 0.29) is 12.3 Å². The second-order valence-corrected chi connectivity index (χ2v) is 8.85. The number of amides is 1. The van der Waals surface area contributed by atoms with Crippen LogP contribution >= 0.6 is 11.8 Å². The quantitative estimate of drug-likeness (QED) is 0.591. The van der Waals surface area contributed by atoms with Gasteiger partial charge >= 0.3 is 0 Å². The van der Waals surface area contributed by atoms with E-state index in [0.29, 0.717) is 10.9 Å². The Morgan fingerprint density at radius 1 is 1.10 bits per heavy atom. The van der Waals surface area contributed by atoms with Crippen molar-refractivity contribution in [3.8, 4) is 0 Å². The minimum absolute atomic E-state index is 0.0654. The molecular weight excluding hydrogens is 410 g/mol. The van der Waals surface area contributed by atoms with Crippen LogP contribution in [0.5, 0.6) is 0 Å². The molecule has 3 heterocycles. The number of nitrogens with one attached hydrogen (secondary N) is 1. The number of carbonyl (C=O) groups excluding carboxylic acids is 1. The molecule has 164 valence electrons. The molecular formula is C22H29N7OS. The maximum atomic E-state index is 12.7. The number of rotatable bonds is 6. The van der Waals surface area contributed by atoms with Gasteiger partial charge in [-0.15, -0.1) is 5.10 Å². The van der Waals surface area contributed by atoms with E-state index < -0.39 is 0 Å². The molecule has 4 rings (SSSR count). The van der Waals surface area contributed by atoms with Crippen molar-refractivity contribution >= 4 is 29.1 Å². The molecule has 1 fully saturated rings. The highest BCUT2D eigenvalue weighted by Crippen LogP contribution is 2.18. The largest absolute Gasteiger partial charge is 0.326 e. The van der Waals surface area contributed by atoms with Gasteiger partial charge in [0.1, 0.15) is 0 Å². The lowest BCUT2D eigenvalue weighted by Gasteiger charge is -2.32. The van der Waals surface area contributed by atoms with Crippen LogP contribution in [-0.4, -0.2) is 74.8 Å². The SMILES string of the molecule is CSc1nc2nc(C)c(CC(=O)Nc3ccc(CN4CCN(C)CC4)cc3)c(C)n2n1. The van der Waals surface area contributed by atoms with Crippen LogP contribution in [0.2, 0.25) is 0 Å². The molecule has 1 N–H and O–H groups in total. The first-order valence-corrected chi connectivity index (χ1v) is 11.7. The van der Waals surface area contributed by atoms with Crippen LogP contribution in [-0.2, 0) is 17.8 Å². The molecule has 31 heavy (non-hydrogen) atoms. The van der Waals surface area contributed by atoms with Crippen molar-refractivity contribution in [1.82, 2.24) is 29.4 Å². The average Bonchev–Trinajstić information content (AvgIpc) is 3.17. The molecule has 0 unspecified atom stereocenters. The molecule has 1 saturated heterocycles. The summed E-state index contributed by atoms with van der Waals surface area (Å²) in [5.41, 5.74) is 4.66. The van der Waals surface area contributed by atoms with E-state index >= 15 is 0 Å². The van der Waals surface area contributed by atoms with Gasteiger partial charge in [0.25, 0.3) is 5.78 Å². The van der Waals surface area contributed by atoms with Crippen molar-refractivity contribution in [2.24, 2.45) is 0 Å². The lowest BCUT2D eigenvalue weighted by Crippen LogP contribution is -2.43. The Labute approximate surface area is 187 Å². The Kier molecular flexibility index (Phi) is 6.54. The van der Waals surface area contributed by atoms with Gasteiger partial charge in [-0.05, 0) is 44.8 Å². The van der Waals surface area contributed by atoms with Crippen molar-refractivity contribution in [3.05, 3.63) is 46.8 Å². The molecule has 0 bridgehead atoms. The summed E-state index contributed by atoms with van der Waals surface area (Å²) in [7, 11) is 2.17. The van der Waals surface area contributed by atoms with Crippen molar-refractivity contribution in [3.63, 3.8) is 0 Å². The number of anilines is 1. The predicted octanol–water partition coefficient (Wildman–Crippen LogP) is 2.39. The van der Waals surface area contributed by atoms with Crippen LogP contribution in [0, 0.1) is 13.8 Å². The van der Waals surface area contributed by atoms with Crippen LogP contribution < -0.4 is 5.32 Å². The van der Waals surface area contributed by atoms with E-state index in [1.807, 2.05) is 32.2 Å². The van der Waals surface area contributed by atoms with Gasteiger partial charge in [0.2, 0.25) is 11.1 Å². The summed E-state index contributed by atoms with van der Waals surface area (Å²) in [5.74, 6) is 0.504. The topological polar surface area (TPSA) is 78.7 Å². The first-order valence-electron chi connectivity index (χ1n) is 10.5. The van der Waals surface area contributed by atoms with Gasteiger partial charge in [-0.3, -0.25) is 9.69 Å². The number of aromatic nitrogens is 4. The van der Waals surface area contributed by atoms with E-state index in [9.17, 15) is 4.79 Å². The standard InChI is InChI=1S/C22H29N7OS/c1-15-19(16(2)29-21(23-15)25-22(26-29)31-4)13-20(30)24-18-7-5-17(6-8-18)14-28-11-9-27(3)10-12-28/h5-8H,9-14H2,1-4H3,(H,24,30). The third kappa shape index (κ3) is 5.06. The Hall–Kier alpha value is -2.49. The number of thioether (sulfide) groups is 1. The molecule has 0 radical (unpaired) electrons. The van der Waals surface area contributed by atoms with Gasteiger partial charge in [-0.1, -0.05) is 23.9 Å². The molecule has 8 nitrogen and oxygen atoms in total. The second-order valence-electron chi connectivity index (χ2n) is 8.07. The van der Waals surface area contributed by atoms with Crippen LogP contribution in [0.15, 0.2) is 29.4 Å². The number of benzene rings is 1. The highest BCUT2D eigenvalue weighted by molar-refractivity contribution is 7.98. The number of piperazine rings is 1. The Morgan fingerprint density at radius 2 is 1.81 bits per heavy atom. The van der Waals surface area contributed by atoms with Crippen LogP contribution in [0.1, 0.15) is 22.5 Å². The maximum absolute atomic E-state index is 12.7. The van der Waals surface area contributed by atoms with Gasteiger partial charge in [-0.2, -0.15) is 4.98 Å². The molecule has 0 aliphatic carbocycles. The lowest BCUT2D eigenvalue weighted by atomic mass is 10.1. The zero-order valence-electron chi connectivity index (χ0n) is 18.6. The molecule has 1 aliphatic heterocycles. The molecule has 1 aromatic carbocycles. The third-order valence-corrected chi connectivity index (χ3v) is 6.33. The number of carbonyl (C=O) groups is 1. The van der Waals surface area contributed by atoms with E-state index in [1.54, 1.807) is 4.52 Å². The fourth-order valence-corrected chi connectivity index (χ4v) is 4.19. The van der Waals surface area contributed by atoms with Gasteiger partial charge < -0.3 is 10.2 Å². The van der Waals surface area contributed by atoms with Crippen molar-refractivity contribution in [2.45, 2.75) is 32.0 Å². The molecule has 2 aromatic heterocycles. The van der Waals surface area contributed by atoms with Gasteiger partial charge in [0, 0.05) is 55.4 Å². The number of fused-ring (bicyclic) bond motifs is 1. The first kappa shape index (κ1) is 21.7. The molecule has 1 aliphatic rings. The number of hydrogen-bond acceptors (Lipinski definition) is 7. The Balaban J connectivity index is 1.39. The molecule has 3 aromatic rings. The van der Waals surface area contributed by atoms with E-state index in [1.165, 1.54) is 17.3 Å². The van der Waals surface area contributed by atoms with Crippen molar-refractivity contribution in [1.29, 1.82) is 0 Å². The number of likely N-dealkylation sites (N-methyl/N-ethyl adjacent to an activating group) is 1. The van der Waals surface area contributed by atoms with Gasteiger partial charge in [0.05, 0.1) is 6.42 Å². The summed E-state index contributed by atoms with van der Waals surface area (Å²) < 4.78 is 1.72. The third-order valence-electron chi connectivity index (χ3n) is 5.79. The summed E-state index contributed by atoms with van der Waals surface area (Å²) in [6.07, 6.45) is 2.18. The summed E-state index contributed by atoms with van der Waals surface area (Å²) in [6, 6.07) is 8.15. The Morgan fingerprint density at radius 3 is 2.48 bits per heavy atom. The highest BCUT2D eigenvalue weighted by Gasteiger charge is 2.17. The Bertz CT molecular complexity index is 1070. The van der Waals surface area contributed by atoms with Gasteiger partial charge in [0.15, 0.2) is 0 Å². The minimum atomic E-state index is -0.0654. The predicted molar refractivity (Wildman–Crippen MR) is 124 cm³/mol. The van der Waals surface area contributed by atoms with Crippen LogP contribution in [0.25, 0.3) is 5.78 Å². The number of hydrogen-bond donors (Lipinski definition) is 1. The zero-order chi connectivity index (χ0) is 22.0. The normalized spacial score (nSPS) is 15.5.